The molecule has 1 atom stereocenters. The van der Waals surface area contributed by atoms with Crippen molar-refractivity contribution in [1.29, 1.82) is 0 Å². The molecule has 0 unspecified atom stereocenters. The molecule has 2 heterocycles. The number of fused-ring (bicyclic) bond motifs is 1. The van der Waals surface area contributed by atoms with Gasteiger partial charge in [0.2, 0.25) is 11.8 Å². The Balaban J connectivity index is 1.53. The van der Waals surface area contributed by atoms with Gasteiger partial charge >= 0.3 is 0 Å². The summed E-state index contributed by atoms with van der Waals surface area (Å²) in [4.78, 5) is 30.0. The lowest BCUT2D eigenvalue weighted by Gasteiger charge is -2.31. The number of thiophene rings is 1. The van der Waals surface area contributed by atoms with E-state index in [1.807, 2.05) is 41.8 Å². The lowest BCUT2D eigenvalue weighted by molar-refractivity contribution is -0.127. The van der Waals surface area contributed by atoms with Crippen molar-refractivity contribution in [2.75, 3.05) is 12.0 Å². The SMILES string of the molecule is COc1ccc(N(C(=O)Cn2nnc3ccccc32)[C@@H](C(=O)NC2CCCC2)c2cccs2)cc1. The van der Waals surface area contributed by atoms with Crippen LogP contribution in [0.1, 0.15) is 36.6 Å². The molecule has 2 amide bonds. The molecule has 1 aliphatic rings. The van der Waals surface area contributed by atoms with E-state index >= 15 is 0 Å². The van der Waals surface area contributed by atoms with Crippen LogP contribution >= 0.6 is 11.3 Å². The third-order valence-electron chi connectivity index (χ3n) is 6.35. The zero-order valence-corrected chi connectivity index (χ0v) is 20.3. The molecule has 2 aromatic heterocycles. The number of methoxy groups -OCH3 is 1. The van der Waals surface area contributed by atoms with Crippen LogP contribution in [0.15, 0.2) is 66.0 Å². The summed E-state index contributed by atoms with van der Waals surface area (Å²) in [7, 11) is 1.59. The molecular formula is C26H27N5O3S. The van der Waals surface area contributed by atoms with Crippen molar-refractivity contribution in [3.8, 4) is 5.75 Å². The van der Waals surface area contributed by atoms with Crippen LogP contribution in [-0.2, 0) is 16.1 Å². The summed E-state index contributed by atoms with van der Waals surface area (Å²) in [6.45, 7) is -0.0505. The minimum absolute atomic E-state index is 0.0505. The van der Waals surface area contributed by atoms with Gasteiger partial charge < -0.3 is 10.1 Å². The second kappa shape index (κ2) is 10.3. The second-order valence-corrected chi connectivity index (χ2v) is 9.58. The molecule has 1 saturated carbocycles. The Hall–Kier alpha value is -3.72. The summed E-state index contributed by atoms with van der Waals surface area (Å²) in [6.07, 6.45) is 4.14. The predicted octanol–water partition coefficient (Wildman–Crippen LogP) is 4.33. The maximum atomic E-state index is 13.9. The normalized spacial score (nSPS) is 14.7. The van der Waals surface area contributed by atoms with Gasteiger partial charge in [0, 0.05) is 16.6 Å². The quantitative estimate of drug-likeness (QED) is 0.398. The lowest BCUT2D eigenvalue weighted by atomic mass is 10.1. The third-order valence-corrected chi connectivity index (χ3v) is 7.27. The highest BCUT2D eigenvalue weighted by Gasteiger charge is 2.35. The molecule has 1 N–H and O–H groups in total. The Morgan fingerprint density at radius 3 is 2.60 bits per heavy atom. The van der Waals surface area contributed by atoms with Gasteiger partial charge in [-0.25, -0.2) is 4.68 Å². The highest BCUT2D eigenvalue weighted by molar-refractivity contribution is 7.10. The van der Waals surface area contributed by atoms with E-state index in [-0.39, 0.29) is 24.4 Å². The molecular weight excluding hydrogens is 462 g/mol. The molecule has 180 valence electrons. The van der Waals surface area contributed by atoms with Gasteiger partial charge in [-0.15, -0.1) is 16.4 Å². The number of hydrogen-bond acceptors (Lipinski definition) is 6. The number of para-hydroxylation sites is 1. The molecule has 4 aromatic rings. The fourth-order valence-corrected chi connectivity index (χ4v) is 5.40. The summed E-state index contributed by atoms with van der Waals surface area (Å²) < 4.78 is 6.89. The van der Waals surface area contributed by atoms with Crippen molar-refractivity contribution >= 4 is 39.9 Å². The van der Waals surface area contributed by atoms with E-state index in [1.165, 1.54) is 11.3 Å². The van der Waals surface area contributed by atoms with Crippen LogP contribution < -0.4 is 15.0 Å². The van der Waals surface area contributed by atoms with Gasteiger partial charge in [-0.2, -0.15) is 0 Å². The molecule has 1 aliphatic carbocycles. The second-order valence-electron chi connectivity index (χ2n) is 8.61. The fraction of sp³-hybridized carbons (Fsp3) is 0.308. The van der Waals surface area contributed by atoms with Gasteiger partial charge in [0.15, 0.2) is 0 Å². The van der Waals surface area contributed by atoms with E-state index in [0.717, 1.165) is 36.1 Å². The first-order valence-corrected chi connectivity index (χ1v) is 12.6. The van der Waals surface area contributed by atoms with Crippen LogP contribution in [-0.4, -0.2) is 40.0 Å². The van der Waals surface area contributed by atoms with Crippen molar-refractivity contribution in [2.24, 2.45) is 0 Å². The third kappa shape index (κ3) is 4.90. The van der Waals surface area contributed by atoms with Gasteiger partial charge in [0.1, 0.15) is 23.9 Å². The van der Waals surface area contributed by atoms with Crippen LogP contribution in [0.2, 0.25) is 0 Å². The van der Waals surface area contributed by atoms with Gasteiger partial charge in [0.25, 0.3) is 0 Å². The molecule has 0 aliphatic heterocycles. The number of nitrogens with one attached hydrogen (secondary N) is 1. The fourth-order valence-electron chi connectivity index (χ4n) is 4.59. The first kappa shape index (κ1) is 23.0. The number of benzene rings is 2. The molecule has 9 heteroatoms. The summed E-state index contributed by atoms with van der Waals surface area (Å²) in [5.41, 5.74) is 2.09. The average molecular weight is 490 g/mol. The van der Waals surface area contributed by atoms with Crippen molar-refractivity contribution < 1.29 is 14.3 Å². The number of rotatable bonds is 8. The largest absolute Gasteiger partial charge is 0.497 e. The van der Waals surface area contributed by atoms with Crippen LogP contribution in [0.5, 0.6) is 5.75 Å². The number of anilines is 1. The standard InChI is InChI=1S/C26H27N5O3S/c1-34-20-14-12-19(13-15-20)31(24(32)17-30-22-10-5-4-9-21(22)28-29-30)25(23-11-6-16-35-23)26(33)27-18-7-2-3-8-18/h4-6,9-16,18,25H,2-3,7-8,17H2,1H3,(H,27,33)/t25-/m1/s1. The monoisotopic (exact) mass is 489 g/mol. The van der Waals surface area contributed by atoms with Crippen LogP contribution in [0.3, 0.4) is 0 Å². The molecule has 0 bridgehead atoms. The van der Waals surface area contributed by atoms with E-state index in [0.29, 0.717) is 17.0 Å². The minimum atomic E-state index is -0.800. The van der Waals surface area contributed by atoms with Gasteiger partial charge in [0.05, 0.1) is 12.6 Å². The van der Waals surface area contributed by atoms with E-state index in [4.69, 9.17) is 4.74 Å². The smallest absolute Gasteiger partial charge is 0.249 e. The molecule has 0 saturated heterocycles. The average Bonchev–Trinajstić information content (AvgIpc) is 3.66. The Morgan fingerprint density at radius 2 is 1.89 bits per heavy atom. The summed E-state index contributed by atoms with van der Waals surface area (Å²) >= 11 is 1.46. The maximum absolute atomic E-state index is 13.9. The number of aromatic nitrogens is 3. The number of nitrogens with zero attached hydrogens (tertiary/aromatic N) is 4. The van der Waals surface area contributed by atoms with Crippen LogP contribution in [0.25, 0.3) is 11.0 Å². The van der Waals surface area contributed by atoms with Gasteiger partial charge in [-0.05, 0) is 60.7 Å². The number of amides is 2. The van der Waals surface area contributed by atoms with E-state index < -0.39 is 6.04 Å². The highest BCUT2D eigenvalue weighted by atomic mass is 32.1. The van der Waals surface area contributed by atoms with Crippen LogP contribution in [0.4, 0.5) is 5.69 Å². The number of hydrogen-bond donors (Lipinski definition) is 1. The van der Waals surface area contributed by atoms with Gasteiger partial charge in [-0.1, -0.05) is 36.3 Å². The molecule has 35 heavy (non-hydrogen) atoms. The van der Waals surface area contributed by atoms with Crippen molar-refractivity contribution in [3.63, 3.8) is 0 Å². The molecule has 8 nitrogen and oxygen atoms in total. The van der Waals surface area contributed by atoms with E-state index in [9.17, 15) is 9.59 Å². The zero-order chi connectivity index (χ0) is 24.2. The molecule has 0 radical (unpaired) electrons. The molecule has 2 aromatic carbocycles. The highest BCUT2D eigenvalue weighted by Crippen LogP contribution is 2.33. The number of ether oxygens (including phenoxy) is 1. The maximum Gasteiger partial charge on any atom is 0.249 e. The first-order valence-electron chi connectivity index (χ1n) is 11.7. The molecule has 1 fully saturated rings. The minimum Gasteiger partial charge on any atom is -0.497 e. The van der Waals surface area contributed by atoms with Gasteiger partial charge in [-0.3, -0.25) is 14.5 Å². The lowest BCUT2D eigenvalue weighted by Crippen LogP contribution is -2.47. The first-order chi connectivity index (χ1) is 17.1. The number of carbonyl (C=O) groups is 2. The molecule has 0 spiro atoms. The van der Waals surface area contributed by atoms with Crippen molar-refractivity contribution in [2.45, 2.75) is 44.3 Å². The predicted molar refractivity (Wildman–Crippen MR) is 135 cm³/mol. The summed E-state index contributed by atoms with van der Waals surface area (Å²) in [5.74, 6) is 0.240. The topological polar surface area (TPSA) is 89.3 Å². The van der Waals surface area contributed by atoms with E-state index in [1.54, 1.807) is 41.0 Å². The number of carbonyl (C=O) groups excluding carboxylic acids is 2. The Kier molecular flexibility index (Phi) is 6.76. The van der Waals surface area contributed by atoms with Crippen LogP contribution in [0, 0.1) is 0 Å². The Morgan fingerprint density at radius 1 is 1.11 bits per heavy atom. The van der Waals surface area contributed by atoms with Crippen molar-refractivity contribution in [1.82, 2.24) is 20.3 Å². The Bertz CT molecular complexity index is 1300. The van der Waals surface area contributed by atoms with Crippen molar-refractivity contribution in [3.05, 3.63) is 70.9 Å². The Labute approximate surface area is 207 Å². The van der Waals surface area contributed by atoms with E-state index in [2.05, 4.69) is 15.6 Å². The molecule has 5 rings (SSSR count). The summed E-state index contributed by atoms with van der Waals surface area (Å²) in [6, 6.07) is 17.8. The summed E-state index contributed by atoms with van der Waals surface area (Å²) in [5, 5.41) is 13.5. The zero-order valence-electron chi connectivity index (χ0n) is 19.5.